The first kappa shape index (κ1) is 15.7. The molecule has 0 atom stereocenters. The number of rotatable bonds is 5. The van der Waals surface area contributed by atoms with Gasteiger partial charge in [0.2, 0.25) is 0 Å². The Morgan fingerprint density at radius 3 is 2.67 bits per heavy atom. The van der Waals surface area contributed by atoms with E-state index < -0.39 is 11.8 Å². The lowest BCUT2D eigenvalue weighted by Crippen LogP contribution is -2.07. The zero-order chi connectivity index (χ0) is 15.6. The summed E-state index contributed by atoms with van der Waals surface area (Å²) in [5.74, 6) is -1.60. The lowest BCUT2D eigenvalue weighted by molar-refractivity contribution is 0.0697. The Labute approximate surface area is 130 Å². The Morgan fingerprint density at radius 1 is 1.43 bits per heavy atom. The number of halogens is 2. The van der Waals surface area contributed by atoms with E-state index in [9.17, 15) is 14.3 Å². The maximum Gasteiger partial charge on any atom is 0.339 e. The van der Waals surface area contributed by atoms with Crippen LogP contribution in [0.25, 0.3) is 11.3 Å². The maximum atomic E-state index is 14.0. The molecular formula is C15H16BrFN2O2. The van der Waals surface area contributed by atoms with Crippen LogP contribution in [0.15, 0.2) is 28.9 Å². The van der Waals surface area contributed by atoms with Gasteiger partial charge in [0.15, 0.2) is 0 Å². The van der Waals surface area contributed by atoms with Crippen molar-refractivity contribution >= 4 is 21.9 Å². The highest BCUT2D eigenvalue weighted by Gasteiger charge is 2.22. The number of carbonyl (C=O) groups is 1. The predicted octanol–water partition coefficient (Wildman–Crippen LogP) is 4.51. The first-order valence-electron chi connectivity index (χ1n) is 6.75. The summed E-state index contributed by atoms with van der Waals surface area (Å²) in [4.78, 5) is 11.4. The summed E-state index contributed by atoms with van der Waals surface area (Å²) in [5, 5.41) is 13.7. The minimum Gasteiger partial charge on any atom is -0.478 e. The molecule has 0 bridgehead atoms. The lowest BCUT2D eigenvalue weighted by atomic mass is 10.1. The molecule has 0 aliphatic carbocycles. The SMILES string of the molecule is CCC(CC)n1cc(C(=O)O)c(-c2cc(Br)ccc2F)n1. The van der Waals surface area contributed by atoms with Crippen molar-refractivity contribution in [2.45, 2.75) is 32.7 Å². The molecule has 1 heterocycles. The standard InChI is InChI=1S/C15H16BrFN2O2/c1-3-10(4-2)19-8-12(15(20)21)14(18-19)11-7-9(16)5-6-13(11)17/h5-8,10H,3-4H2,1-2H3,(H,20,21). The fourth-order valence-corrected chi connectivity index (χ4v) is 2.64. The molecule has 0 unspecified atom stereocenters. The van der Waals surface area contributed by atoms with Gasteiger partial charge in [-0.05, 0) is 31.0 Å². The molecular weight excluding hydrogens is 339 g/mol. The second kappa shape index (κ2) is 6.39. The molecule has 0 saturated carbocycles. The minimum absolute atomic E-state index is 0.0129. The van der Waals surface area contributed by atoms with E-state index in [2.05, 4.69) is 21.0 Å². The van der Waals surface area contributed by atoms with E-state index in [1.54, 1.807) is 16.8 Å². The van der Waals surface area contributed by atoms with Gasteiger partial charge in [0.05, 0.1) is 6.04 Å². The van der Waals surface area contributed by atoms with Crippen LogP contribution in [0.5, 0.6) is 0 Å². The van der Waals surface area contributed by atoms with E-state index in [0.717, 1.165) is 12.8 Å². The van der Waals surface area contributed by atoms with Gasteiger partial charge in [0.1, 0.15) is 17.1 Å². The van der Waals surface area contributed by atoms with Crippen molar-refractivity contribution in [1.29, 1.82) is 0 Å². The summed E-state index contributed by atoms with van der Waals surface area (Å²) >= 11 is 3.27. The van der Waals surface area contributed by atoms with Gasteiger partial charge >= 0.3 is 5.97 Å². The van der Waals surface area contributed by atoms with Crippen molar-refractivity contribution in [1.82, 2.24) is 9.78 Å². The monoisotopic (exact) mass is 354 g/mol. The average molecular weight is 355 g/mol. The second-order valence-corrected chi connectivity index (χ2v) is 5.69. The molecule has 4 nitrogen and oxygen atoms in total. The van der Waals surface area contributed by atoms with Crippen LogP contribution in [-0.4, -0.2) is 20.9 Å². The number of carboxylic acids is 1. The minimum atomic E-state index is -1.11. The van der Waals surface area contributed by atoms with Gasteiger partial charge in [-0.25, -0.2) is 9.18 Å². The van der Waals surface area contributed by atoms with E-state index in [0.29, 0.717) is 4.47 Å². The first-order chi connectivity index (χ1) is 9.97. The Hall–Kier alpha value is -1.69. The molecule has 0 aliphatic heterocycles. The van der Waals surface area contributed by atoms with Crippen molar-refractivity contribution < 1.29 is 14.3 Å². The number of aromatic nitrogens is 2. The summed E-state index contributed by atoms with van der Waals surface area (Å²) in [6.45, 7) is 4.02. The molecule has 2 rings (SSSR count). The predicted molar refractivity (Wildman–Crippen MR) is 81.9 cm³/mol. The van der Waals surface area contributed by atoms with Gasteiger partial charge in [-0.3, -0.25) is 4.68 Å². The fraction of sp³-hybridized carbons (Fsp3) is 0.333. The molecule has 0 saturated heterocycles. The topological polar surface area (TPSA) is 55.1 Å². The lowest BCUT2D eigenvalue weighted by Gasteiger charge is -2.12. The van der Waals surface area contributed by atoms with Crippen LogP contribution in [0.1, 0.15) is 43.1 Å². The van der Waals surface area contributed by atoms with Crippen molar-refractivity contribution in [2.75, 3.05) is 0 Å². The van der Waals surface area contributed by atoms with Crippen LogP contribution in [0, 0.1) is 5.82 Å². The Balaban J connectivity index is 2.61. The molecule has 112 valence electrons. The van der Waals surface area contributed by atoms with Crippen LogP contribution < -0.4 is 0 Å². The molecule has 0 aliphatic rings. The Morgan fingerprint density at radius 2 is 2.10 bits per heavy atom. The molecule has 6 heteroatoms. The van der Waals surface area contributed by atoms with Gasteiger partial charge in [0, 0.05) is 16.2 Å². The van der Waals surface area contributed by atoms with Gasteiger partial charge < -0.3 is 5.11 Å². The second-order valence-electron chi connectivity index (χ2n) is 4.77. The first-order valence-corrected chi connectivity index (χ1v) is 7.55. The molecule has 0 spiro atoms. The summed E-state index contributed by atoms with van der Waals surface area (Å²) in [7, 11) is 0. The van der Waals surface area contributed by atoms with E-state index in [4.69, 9.17) is 0 Å². The van der Waals surface area contributed by atoms with E-state index in [1.165, 1.54) is 12.3 Å². The average Bonchev–Trinajstić information content (AvgIpc) is 2.88. The Kier molecular flexibility index (Phi) is 4.77. The smallest absolute Gasteiger partial charge is 0.339 e. The highest BCUT2D eigenvalue weighted by Crippen LogP contribution is 2.29. The number of carboxylic acid groups (broad SMARTS) is 1. The molecule has 1 aromatic carbocycles. The van der Waals surface area contributed by atoms with E-state index >= 15 is 0 Å². The summed E-state index contributed by atoms with van der Waals surface area (Å²) in [6, 6.07) is 4.51. The highest BCUT2D eigenvalue weighted by atomic mass is 79.9. The van der Waals surface area contributed by atoms with Gasteiger partial charge in [-0.15, -0.1) is 0 Å². The molecule has 0 amide bonds. The number of nitrogens with zero attached hydrogens (tertiary/aromatic N) is 2. The molecule has 2 aromatic rings. The molecule has 0 radical (unpaired) electrons. The van der Waals surface area contributed by atoms with Crippen LogP contribution in [0.2, 0.25) is 0 Å². The van der Waals surface area contributed by atoms with Crippen molar-refractivity contribution in [3.63, 3.8) is 0 Å². The van der Waals surface area contributed by atoms with Crippen LogP contribution >= 0.6 is 15.9 Å². The summed E-state index contributed by atoms with van der Waals surface area (Å²) < 4.78 is 16.3. The van der Waals surface area contributed by atoms with Crippen molar-refractivity contribution in [2.24, 2.45) is 0 Å². The molecule has 1 aromatic heterocycles. The van der Waals surface area contributed by atoms with Crippen molar-refractivity contribution in [3.05, 3.63) is 40.2 Å². The molecule has 21 heavy (non-hydrogen) atoms. The number of benzene rings is 1. The van der Waals surface area contributed by atoms with Crippen LogP contribution in [0.3, 0.4) is 0 Å². The van der Waals surface area contributed by atoms with Gasteiger partial charge in [-0.1, -0.05) is 29.8 Å². The van der Waals surface area contributed by atoms with E-state index in [1.807, 2.05) is 13.8 Å². The normalized spacial score (nSPS) is 11.1. The van der Waals surface area contributed by atoms with Gasteiger partial charge in [-0.2, -0.15) is 5.10 Å². The number of hydrogen-bond acceptors (Lipinski definition) is 2. The third-order valence-corrected chi connectivity index (χ3v) is 3.96. The third-order valence-electron chi connectivity index (χ3n) is 3.46. The maximum absolute atomic E-state index is 14.0. The quantitative estimate of drug-likeness (QED) is 0.859. The fourth-order valence-electron chi connectivity index (χ4n) is 2.28. The van der Waals surface area contributed by atoms with E-state index in [-0.39, 0.29) is 22.9 Å². The summed E-state index contributed by atoms with van der Waals surface area (Å²) in [5.41, 5.74) is 0.360. The number of hydrogen-bond donors (Lipinski definition) is 1. The Bertz CT molecular complexity index is 666. The summed E-state index contributed by atoms with van der Waals surface area (Å²) in [6.07, 6.45) is 3.14. The number of aromatic carboxylic acids is 1. The zero-order valence-corrected chi connectivity index (χ0v) is 13.4. The highest BCUT2D eigenvalue weighted by molar-refractivity contribution is 9.10. The molecule has 1 N–H and O–H groups in total. The molecule has 0 fully saturated rings. The zero-order valence-electron chi connectivity index (χ0n) is 11.8. The largest absolute Gasteiger partial charge is 0.478 e. The van der Waals surface area contributed by atoms with Crippen molar-refractivity contribution in [3.8, 4) is 11.3 Å². The van der Waals surface area contributed by atoms with Gasteiger partial charge in [0.25, 0.3) is 0 Å². The van der Waals surface area contributed by atoms with Crippen LogP contribution in [0.4, 0.5) is 4.39 Å². The third kappa shape index (κ3) is 3.15. The van der Waals surface area contributed by atoms with Crippen LogP contribution in [-0.2, 0) is 0 Å².